The lowest BCUT2D eigenvalue weighted by atomic mass is 9.70. The summed E-state index contributed by atoms with van der Waals surface area (Å²) in [4.78, 5) is 4.25. The molecule has 10 heteroatoms. The molecule has 0 N–H and O–H groups in total. The Morgan fingerprint density at radius 2 is 1.85 bits per heavy atom. The summed E-state index contributed by atoms with van der Waals surface area (Å²) in [6, 6.07) is 2.02. The van der Waals surface area contributed by atoms with Crippen molar-refractivity contribution in [1.29, 1.82) is 0 Å². The van der Waals surface area contributed by atoms with Crippen LogP contribution in [-0.4, -0.2) is 43.1 Å². The third-order valence-corrected chi connectivity index (χ3v) is 7.37. The molecular formula is C23H30F2N2O5S. The summed E-state index contributed by atoms with van der Waals surface area (Å²) in [5, 5.41) is 3.83. The molecule has 1 aliphatic carbocycles. The summed E-state index contributed by atoms with van der Waals surface area (Å²) in [5.74, 6) is -2.43. The lowest BCUT2D eigenvalue weighted by Gasteiger charge is -2.37. The van der Waals surface area contributed by atoms with E-state index >= 15 is 0 Å². The molecule has 1 saturated carbocycles. The molecule has 33 heavy (non-hydrogen) atoms. The third-order valence-electron chi connectivity index (χ3n) is 6.55. The summed E-state index contributed by atoms with van der Waals surface area (Å²) in [7, 11) is -3.59. The van der Waals surface area contributed by atoms with Gasteiger partial charge < -0.3 is 14.0 Å². The Hall–Kier alpha value is -1.91. The van der Waals surface area contributed by atoms with Gasteiger partial charge in [-0.25, -0.2) is 17.2 Å². The Labute approximate surface area is 192 Å². The lowest BCUT2D eigenvalue weighted by Crippen LogP contribution is -2.32. The first kappa shape index (κ1) is 24.2. The lowest BCUT2D eigenvalue weighted by molar-refractivity contribution is -0.0560. The van der Waals surface area contributed by atoms with E-state index in [9.17, 15) is 17.2 Å². The molecule has 1 atom stereocenters. The van der Waals surface area contributed by atoms with Crippen LogP contribution < -0.4 is 0 Å². The molecule has 1 aromatic heterocycles. The molecule has 7 nitrogen and oxygen atoms in total. The van der Waals surface area contributed by atoms with Crippen molar-refractivity contribution in [3.63, 3.8) is 0 Å². The Morgan fingerprint density at radius 1 is 1.21 bits per heavy atom. The van der Waals surface area contributed by atoms with Crippen LogP contribution in [0.15, 0.2) is 16.7 Å². The van der Waals surface area contributed by atoms with E-state index in [-0.39, 0.29) is 34.4 Å². The van der Waals surface area contributed by atoms with Crippen molar-refractivity contribution in [3.05, 3.63) is 35.2 Å². The zero-order chi connectivity index (χ0) is 24.0. The Bertz CT molecular complexity index is 1100. The maximum Gasteiger partial charge on any atom is 0.255 e. The summed E-state index contributed by atoms with van der Waals surface area (Å²) >= 11 is 0. The van der Waals surface area contributed by atoms with Crippen molar-refractivity contribution >= 4 is 9.84 Å². The highest BCUT2D eigenvalue weighted by molar-refractivity contribution is 7.89. The van der Waals surface area contributed by atoms with Crippen molar-refractivity contribution in [2.45, 2.75) is 76.4 Å². The van der Waals surface area contributed by atoms with Gasteiger partial charge in [0, 0.05) is 17.4 Å². The second kappa shape index (κ2) is 8.70. The molecular weight excluding hydrogens is 454 g/mol. The molecule has 2 aliphatic rings. The molecule has 0 radical (unpaired) electrons. The minimum absolute atomic E-state index is 0.0112. The highest BCUT2D eigenvalue weighted by Crippen LogP contribution is 2.49. The average Bonchev–Trinajstić information content (AvgIpc) is 3.31. The maximum absolute atomic E-state index is 14.4. The highest BCUT2D eigenvalue weighted by Gasteiger charge is 2.46. The van der Waals surface area contributed by atoms with E-state index in [1.54, 1.807) is 6.92 Å². The largest absolute Gasteiger partial charge is 0.375 e. The van der Waals surface area contributed by atoms with Crippen molar-refractivity contribution in [1.82, 2.24) is 10.1 Å². The minimum atomic E-state index is -3.59. The van der Waals surface area contributed by atoms with Crippen LogP contribution in [0.3, 0.4) is 0 Å². The zero-order valence-electron chi connectivity index (χ0n) is 19.4. The fraction of sp³-hybridized carbons (Fsp3) is 0.652. The number of nitrogens with zero attached hydrogens (tertiary/aromatic N) is 2. The summed E-state index contributed by atoms with van der Waals surface area (Å²) < 4.78 is 68.9. The quantitative estimate of drug-likeness (QED) is 0.583. The molecule has 1 spiro atoms. The first-order chi connectivity index (χ1) is 15.3. The molecule has 2 aromatic rings. The summed E-state index contributed by atoms with van der Waals surface area (Å²) in [5.41, 5.74) is -0.272. The molecule has 0 bridgehead atoms. The van der Waals surface area contributed by atoms with Gasteiger partial charge in [-0.15, -0.1) is 0 Å². The van der Waals surface area contributed by atoms with Crippen LogP contribution >= 0.6 is 0 Å². The SMILES string of the molecule is C[C@@H](OC1CCC2(CC1)COC(C)(C)C2)c1nc(-c2cc(F)c(CS(C)(=O)=O)c(F)c2)no1. The van der Waals surface area contributed by atoms with Crippen LogP contribution in [0.5, 0.6) is 0 Å². The first-order valence-corrected chi connectivity index (χ1v) is 13.2. The number of hydrogen-bond donors (Lipinski definition) is 0. The normalized spacial score (nSPS) is 26.1. The number of sulfone groups is 1. The molecule has 0 unspecified atom stereocenters. The molecule has 1 saturated heterocycles. The maximum atomic E-state index is 14.4. The van der Waals surface area contributed by atoms with E-state index in [0.29, 0.717) is 0 Å². The highest BCUT2D eigenvalue weighted by atomic mass is 32.2. The first-order valence-electron chi connectivity index (χ1n) is 11.1. The number of hydrogen-bond acceptors (Lipinski definition) is 7. The van der Waals surface area contributed by atoms with E-state index in [2.05, 4.69) is 24.0 Å². The average molecular weight is 485 g/mol. The second-order valence-corrected chi connectivity index (χ2v) is 12.3. The van der Waals surface area contributed by atoms with Crippen LogP contribution in [0, 0.1) is 17.0 Å². The van der Waals surface area contributed by atoms with Crippen molar-refractivity contribution < 1.29 is 31.2 Å². The van der Waals surface area contributed by atoms with Gasteiger partial charge in [0.25, 0.3) is 5.89 Å². The number of ether oxygens (including phenoxy) is 2. The van der Waals surface area contributed by atoms with Crippen molar-refractivity contribution in [2.75, 3.05) is 12.9 Å². The fourth-order valence-corrected chi connectivity index (χ4v) is 5.81. The van der Waals surface area contributed by atoms with E-state index < -0.39 is 38.9 Å². The minimum Gasteiger partial charge on any atom is -0.375 e. The molecule has 4 rings (SSSR count). The number of rotatable bonds is 6. The van der Waals surface area contributed by atoms with E-state index in [1.807, 2.05) is 0 Å². The molecule has 1 aromatic carbocycles. The standard InChI is InChI=1S/C23H30F2N2O5S/c1-14(31-16-5-7-23(8-6-16)12-22(2,3)30-13-23)21-26-20(27-32-21)15-9-18(24)17(19(25)10-15)11-33(4,28)29/h9-10,14,16H,5-8,11-13H2,1-4H3/t14-,16?,23?/m1/s1. The van der Waals surface area contributed by atoms with Gasteiger partial charge in [0.05, 0.1) is 24.1 Å². The predicted octanol–water partition coefficient (Wildman–Crippen LogP) is 4.76. The number of benzene rings is 1. The van der Waals surface area contributed by atoms with Gasteiger partial charge in [-0.1, -0.05) is 5.16 Å². The zero-order valence-corrected chi connectivity index (χ0v) is 20.2. The van der Waals surface area contributed by atoms with Crippen molar-refractivity contribution in [2.24, 2.45) is 5.41 Å². The van der Waals surface area contributed by atoms with Gasteiger partial charge in [0.15, 0.2) is 9.84 Å². The Kier molecular flexibility index (Phi) is 6.39. The van der Waals surface area contributed by atoms with Crippen LogP contribution in [0.1, 0.15) is 70.4 Å². The van der Waals surface area contributed by atoms with Crippen molar-refractivity contribution in [3.8, 4) is 11.4 Å². The Morgan fingerprint density at radius 3 is 2.39 bits per heavy atom. The number of halogens is 2. The number of aromatic nitrogens is 2. The monoisotopic (exact) mass is 484 g/mol. The topological polar surface area (TPSA) is 91.5 Å². The van der Waals surface area contributed by atoms with Crippen LogP contribution in [0.25, 0.3) is 11.4 Å². The summed E-state index contributed by atoms with van der Waals surface area (Å²) in [6.45, 7) is 6.87. The van der Waals surface area contributed by atoms with Gasteiger partial charge in [-0.2, -0.15) is 4.98 Å². The van der Waals surface area contributed by atoms with Gasteiger partial charge in [-0.3, -0.25) is 0 Å². The smallest absolute Gasteiger partial charge is 0.255 e. The van der Waals surface area contributed by atoms with Crippen LogP contribution in [0.2, 0.25) is 0 Å². The van der Waals surface area contributed by atoms with Gasteiger partial charge in [-0.05, 0) is 70.4 Å². The second-order valence-electron chi connectivity index (χ2n) is 10.1. The predicted molar refractivity (Wildman–Crippen MR) is 117 cm³/mol. The molecule has 2 heterocycles. The van der Waals surface area contributed by atoms with Gasteiger partial charge in [0.2, 0.25) is 5.82 Å². The Balaban J connectivity index is 1.40. The van der Waals surface area contributed by atoms with E-state index in [4.69, 9.17) is 14.0 Å². The van der Waals surface area contributed by atoms with E-state index in [0.717, 1.165) is 57.1 Å². The molecule has 1 aliphatic heterocycles. The molecule has 2 fully saturated rings. The van der Waals surface area contributed by atoms with Gasteiger partial charge >= 0.3 is 0 Å². The van der Waals surface area contributed by atoms with Crippen LogP contribution in [0.4, 0.5) is 8.78 Å². The fourth-order valence-electron chi connectivity index (χ4n) is 5.01. The summed E-state index contributed by atoms with van der Waals surface area (Å²) in [6.07, 6.45) is 5.50. The third kappa shape index (κ3) is 5.60. The molecule has 0 amide bonds. The van der Waals surface area contributed by atoms with Crippen LogP contribution in [-0.2, 0) is 25.1 Å². The molecule has 182 valence electrons. The van der Waals surface area contributed by atoms with E-state index in [1.165, 1.54) is 0 Å². The van der Waals surface area contributed by atoms with Gasteiger partial charge in [0.1, 0.15) is 17.7 Å².